The normalized spacial score (nSPS) is 17.2. The molecule has 38 heavy (non-hydrogen) atoms. The van der Waals surface area contributed by atoms with Crippen LogP contribution in [0.4, 0.5) is 16.7 Å². The van der Waals surface area contributed by atoms with Gasteiger partial charge in [-0.05, 0) is 61.3 Å². The molecular weight excluding hydrogens is 502 g/mol. The third kappa shape index (κ3) is 6.32. The third-order valence-electron chi connectivity index (χ3n) is 6.36. The van der Waals surface area contributed by atoms with Crippen molar-refractivity contribution in [2.45, 2.75) is 19.4 Å². The van der Waals surface area contributed by atoms with E-state index < -0.39 is 0 Å². The summed E-state index contributed by atoms with van der Waals surface area (Å²) >= 11 is 0.886. The average Bonchev–Trinajstić information content (AvgIpc) is 3.25. The summed E-state index contributed by atoms with van der Waals surface area (Å²) in [5.74, 6) is 1.48. The molecular formula is C26H29N9O2S. The van der Waals surface area contributed by atoms with Crippen LogP contribution in [0.15, 0.2) is 47.8 Å². The minimum Gasteiger partial charge on any atom is -0.347 e. The number of nitrogens with zero attached hydrogens (tertiary/aromatic N) is 7. The molecule has 3 aromatic heterocycles. The molecule has 0 radical (unpaired) electrons. The van der Waals surface area contributed by atoms with Gasteiger partial charge in [-0.2, -0.15) is 0 Å². The number of hydrogen-bond donors (Lipinski definition) is 2. The van der Waals surface area contributed by atoms with E-state index in [1.165, 1.54) is 0 Å². The van der Waals surface area contributed by atoms with E-state index in [0.717, 1.165) is 61.2 Å². The molecule has 0 saturated carbocycles. The van der Waals surface area contributed by atoms with E-state index in [1.807, 2.05) is 37.2 Å². The maximum absolute atomic E-state index is 11.8. The summed E-state index contributed by atoms with van der Waals surface area (Å²) in [6.07, 6.45) is 8.97. The highest BCUT2D eigenvalue weighted by Crippen LogP contribution is 2.26. The zero-order valence-electron chi connectivity index (χ0n) is 21.3. The van der Waals surface area contributed by atoms with E-state index in [-0.39, 0.29) is 11.1 Å². The highest BCUT2D eigenvalue weighted by molar-refractivity contribution is 8.18. The quantitative estimate of drug-likeness (QED) is 0.416. The first kappa shape index (κ1) is 25.7. The number of carbonyl (C=O) groups excluding carboxylic acids is 2. The van der Waals surface area contributed by atoms with Crippen LogP contribution in [0.25, 0.3) is 17.3 Å². The highest BCUT2D eigenvalue weighted by atomic mass is 32.2. The van der Waals surface area contributed by atoms with E-state index in [1.54, 1.807) is 30.7 Å². The van der Waals surface area contributed by atoms with Gasteiger partial charge in [-0.3, -0.25) is 19.9 Å². The molecule has 5 rings (SSSR count). The van der Waals surface area contributed by atoms with Crippen molar-refractivity contribution < 1.29 is 9.59 Å². The van der Waals surface area contributed by atoms with Crippen LogP contribution in [0.3, 0.4) is 0 Å². The Labute approximate surface area is 225 Å². The molecule has 12 heteroatoms. The molecule has 0 unspecified atom stereocenters. The molecule has 0 spiro atoms. The lowest BCUT2D eigenvalue weighted by molar-refractivity contribution is -0.115. The van der Waals surface area contributed by atoms with Crippen LogP contribution in [0.5, 0.6) is 0 Å². The number of pyridine rings is 1. The molecule has 0 aliphatic carbocycles. The van der Waals surface area contributed by atoms with Gasteiger partial charge in [-0.25, -0.2) is 19.9 Å². The van der Waals surface area contributed by atoms with Crippen molar-refractivity contribution in [3.63, 3.8) is 0 Å². The number of rotatable bonds is 8. The zero-order valence-corrected chi connectivity index (χ0v) is 22.1. The number of imide groups is 1. The largest absolute Gasteiger partial charge is 0.347 e. The van der Waals surface area contributed by atoms with Gasteiger partial charge in [0.1, 0.15) is 0 Å². The summed E-state index contributed by atoms with van der Waals surface area (Å²) in [5.41, 5.74) is 3.35. The maximum atomic E-state index is 11.8. The fraction of sp³-hybridized carbons (Fsp3) is 0.346. The molecule has 0 atom stereocenters. The number of amides is 2. The van der Waals surface area contributed by atoms with E-state index in [4.69, 9.17) is 4.98 Å². The highest BCUT2D eigenvalue weighted by Gasteiger charge is 2.25. The van der Waals surface area contributed by atoms with Gasteiger partial charge in [-0.1, -0.05) is 6.07 Å². The number of piperidine rings is 1. The monoisotopic (exact) mass is 531 g/mol. The molecule has 196 valence electrons. The zero-order chi connectivity index (χ0) is 26.5. The van der Waals surface area contributed by atoms with Crippen molar-refractivity contribution in [1.29, 1.82) is 0 Å². The fourth-order valence-electron chi connectivity index (χ4n) is 4.31. The Kier molecular flexibility index (Phi) is 7.89. The number of nitrogens with one attached hydrogen (secondary N) is 2. The van der Waals surface area contributed by atoms with E-state index in [2.05, 4.69) is 35.5 Å². The summed E-state index contributed by atoms with van der Waals surface area (Å²) < 4.78 is 0. The van der Waals surface area contributed by atoms with E-state index >= 15 is 0 Å². The Hall–Kier alpha value is -3.90. The van der Waals surface area contributed by atoms with Crippen LogP contribution in [-0.4, -0.2) is 69.8 Å². The predicted octanol–water partition coefficient (Wildman–Crippen LogP) is 2.72. The van der Waals surface area contributed by atoms with Gasteiger partial charge in [0, 0.05) is 57.9 Å². The van der Waals surface area contributed by atoms with Crippen LogP contribution in [0, 0.1) is 5.92 Å². The molecule has 2 saturated heterocycles. The SMILES string of the molecule is CN(C)c1ncc(-c2cccc(CNCC3CCN(c4nccc(/C=C5\SC(=O)NC5=O)n4)CC3)n2)cn1. The summed E-state index contributed by atoms with van der Waals surface area (Å²) in [6, 6.07) is 7.75. The smallest absolute Gasteiger partial charge is 0.290 e. The number of aromatic nitrogens is 5. The van der Waals surface area contributed by atoms with Crippen LogP contribution >= 0.6 is 11.8 Å². The molecule has 2 fully saturated rings. The molecule has 11 nitrogen and oxygen atoms in total. The van der Waals surface area contributed by atoms with Crippen molar-refractivity contribution in [3.8, 4) is 11.3 Å². The van der Waals surface area contributed by atoms with Gasteiger partial charge in [0.05, 0.1) is 22.0 Å². The average molecular weight is 532 g/mol. The Bertz CT molecular complexity index is 1340. The second-order valence-corrected chi connectivity index (χ2v) is 10.4. The number of carbonyl (C=O) groups is 2. The van der Waals surface area contributed by atoms with Gasteiger partial charge in [0.15, 0.2) is 0 Å². The summed E-state index contributed by atoms with van der Waals surface area (Å²) in [6.45, 7) is 3.32. The van der Waals surface area contributed by atoms with Crippen LogP contribution in [0.1, 0.15) is 24.2 Å². The molecule has 2 N–H and O–H groups in total. The standard InChI is InChI=1S/C26H29N9O2S/c1-34(2)24-29-14-18(15-30-24)21-5-3-4-20(31-21)16-27-13-17-7-10-35(11-8-17)25-28-9-6-19(32-25)12-22-23(36)33-26(37)38-22/h3-6,9,12,14-15,17,27H,7-8,10-11,13,16H2,1-2H3,(H,33,36,37)/b22-12-. The summed E-state index contributed by atoms with van der Waals surface area (Å²) in [7, 11) is 3.83. The Morgan fingerprint density at radius 2 is 1.89 bits per heavy atom. The van der Waals surface area contributed by atoms with E-state index in [9.17, 15) is 9.59 Å². The Morgan fingerprint density at radius 3 is 2.61 bits per heavy atom. The molecule has 0 bridgehead atoms. The Morgan fingerprint density at radius 1 is 1.11 bits per heavy atom. The molecule has 0 aromatic carbocycles. The van der Waals surface area contributed by atoms with E-state index in [0.29, 0.717) is 35.0 Å². The van der Waals surface area contributed by atoms with Gasteiger partial charge in [0.2, 0.25) is 11.9 Å². The maximum Gasteiger partial charge on any atom is 0.290 e. The minimum absolute atomic E-state index is 0.347. The molecule has 3 aromatic rings. The fourth-order valence-corrected chi connectivity index (χ4v) is 4.98. The molecule has 2 aliphatic rings. The van der Waals surface area contributed by atoms with Gasteiger partial charge in [-0.15, -0.1) is 0 Å². The van der Waals surface area contributed by atoms with Crippen LogP contribution in [-0.2, 0) is 11.3 Å². The van der Waals surface area contributed by atoms with Gasteiger partial charge >= 0.3 is 0 Å². The molecule has 5 heterocycles. The summed E-state index contributed by atoms with van der Waals surface area (Å²) in [4.78, 5) is 50.1. The van der Waals surface area contributed by atoms with Crippen molar-refractivity contribution in [1.82, 2.24) is 35.6 Å². The van der Waals surface area contributed by atoms with Crippen molar-refractivity contribution in [2.75, 3.05) is 43.5 Å². The Balaban J connectivity index is 1.10. The van der Waals surface area contributed by atoms with Gasteiger partial charge < -0.3 is 15.1 Å². The first-order valence-corrected chi connectivity index (χ1v) is 13.3. The molecule has 2 amide bonds. The van der Waals surface area contributed by atoms with Crippen molar-refractivity contribution in [2.24, 2.45) is 5.92 Å². The first-order valence-electron chi connectivity index (χ1n) is 12.4. The number of hydrogen-bond acceptors (Lipinski definition) is 11. The lowest BCUT2D eigenvalue weighted by atomic mass is 9.97. The second kappa shape index (κ2) is 11.7. The number of thioether (sulfide) groups is 1. The minimum atomic E-state index is -0.386. The van der Waals surface area contributed by atoms with Crippen molar-refractivity contribution in [3.05, 3.63) is 59.1 Å². The topological polar surface area (TPSA) is 129 Å². The second-order valence-electron chi connectivity index (χ2n) is 9.38. The molecule has 2 aliphatic heterocycles. The third-order valence-corrected chi connectivity index (χ3v) is 7.17. The predicted molar refractivity (Wildman–Crippen MR) is 147 cm³/mol. The summed E-state index contributed by atoms with van der Waals surface area (Å²) in [5, 5.41) is 5.46. The van der Waals surface area contributed by atoms with Crippen LogP contribution < -0.4 is 20.4 Å². The lowest BCUT2D eigenvalue weighted by Gasteiger charge is -2.32. The first-order chi connectivity index (χ1) is 18.4. The van der Waals surface area contributed by atoms with Crippen molar-refractivity contribution >= 4 is 40.9 Å². The van der Waals surface area contributed by atoms with Gasteiger partial charge in [0.25, 0.3) is 11.1 Å². The number of anilines is 2. The van der Waals surface area contributed by atoms with Crippen LogP contribution in [0.2, 0.25) is 0 Å². The lowest BCUT2D eigenvalue weighted by Crippen LogP contribution is -2.38.